The van der Waals surface area contributed by atoms with E-state index in [2.05, 4.69) is 40.6 Å². The first kappa shape index (κ1) is 20.7. The first-order chi connectivity index (χ1) is 15.7. The van der Waals surface area contributed by atoms with Crippen molar-refractivity contribution in [1.29, 1.82) is 5.26 Å². The Morgan fingerprint density at radius 3 is 2.88 bits per heavy atom. The highest BCUT2D eigenvalue weighted by Crippen LogP contribution is 2.37. The molecule has 0 aliphatic carbocycles. The van der Waals surface area contributed by atoms with Crippen LogP contribution in [0.2, 0.25) is 0 Å². The summed E-state index contributed by atoms with van der Waals surface area (Å²) in [5, 5.41) is 14.8. The Kier molecular flexibility index (Phi) is 5.68. The number of ether oxygens (including phenoxy) is 1. The second-order valence-corrected chi connectivity index (χ2v) is 9.43. The van der Waals surface area contributed by atoms with Crippen LogP contribution in [0.1, 0.15) is 41.5 Å². The Balaban J connectivity index is 1.28. The first-order valence-corrected chi connectivity index (χ1v) is 11.7. The number of carbonyl (C=O) groups excluding carboxylic acids is 1. The summed E-state index contributed by atoms with van der Waals surface area (Å²) in [6.45, 7) is 2.70. The van der Waals surface area contributed by atoms with Crippen molar-refractivity contribution in [2.45, 2.75) is 31.8 Å². The smallest absolute Gasteiger partial charge is 0.274 e. The van der Waals surface area contributed by atoms with E-state index in [1.165, 1.54) is 17.0 Å². The van der Waals surface area contributed by atoms with Gasteiger partial charge in [0.2, 0.25) is 0 Å². The molecular formula is C24H25N5O2S. The fraction of sp³-hybridized carbons (Fsp3) is 0.375. The van der Waals surface area contributed by atoms with Crippen LogP contribution in [-0.4, -0.2) is 35.2 Å². The molecule has 1 N–H and O–H groups in total. The molecule has 0 saturated carbocycles. The number of nitrogens with zero attached hydrogens (tertiary/aromatic N) is 4. The number of thiazole rings is 1. The predicted molar refractivity (Wildman–Crippen MR) is 124 cm³/mol. The van der Waals surface area contributed by atoms with E-state index < -0.39 is 0 Å². The van der Waals surface area contributed by atoms with Crippen molar-refractivity contribution in [3.8, 4) is 6.07 Å². The van der Waals surface area contributed by atoms with Crippen LogP contribution >= 0.6 is 11.3 Å². The fourth-order valence-electron chi connectivity index (χ4n) is 4.59. The summed E-state index contributed by atoms with van der Waals surface area (Å²) in [6.07, 6.45) is 4.48. The highest BCUT2D eigenvalue weighted by molar-refractivity contribution is 7.14. The number of para-hydroxylation sites is 1. The van der Waals surface area contributed by atoms with Crippen molar-refractivity contribution < 1.29 is 9.53 Å². The Labute approximate surface area is 191 Å². The maximum absolute atomic E-state index is 13.0. The lowest BCUT2D eigenvalue weighted by Gasteiger charge is -2.40. The lowest BCUT2D eigenvalue weighted by atomic mass is 9.83. The molecule has 2 aromatic heterocycles. The maximum Gasteiger partial charge on any atom is 0.274 e. The van der Waals surface area contributed by atoms with E-state index in [-0.39, 0.29) is 17.4 Å². The van der Waals surface area contributed by atoms with Gasteiger partial charge in [-0.25, -0.2) is 4.98 Å². The van der Waals surface area contributed by atoms with Crippen molar-refractivity contribution in [1.82, 2.24) is 9.55 Å². The van der Waals surface area contributed by atoms with Crippen LogP contribution in [0, 0.1) is 16.7 Å². The molecular weight excluding hydrogens is 422 g/mol. The van der Waals surface area contributed by atoms with Crippen molar-refractivity contribution in [3.63, 3.8) is 0 Å². The molecule has 0 radical (unpaired) electrons. The fourth-order valence-corrected chi connectivity index (χ4v) is 5.34. The SMILES string of the molecule is N#CCC1(Cn2cccc2C(=O)Nc2nc(C3CCCN3c3ccccc3)cs2)COC1. The summed E-state index contributed by atoms with van der Waals surface area (Å²) >= 11 is 1.46. The minimum Gasteiger partial charge on any atom is -0.380 e. The number of nitrogens with one attached hydrogen (secondary N) is 1. The lowest BCUT2D eigenvalue weighted by Crippen LogP contribution is -2.46. The molecule has 1 aromatic carbocycles. The molecule has 2 saturated heterocycles. The molecule has 0 spiro atoms. The van der Waals surface area contributed by atoms with Gasteiger partial charge in [-0.05, 0) is 37.1 Å². The number of hydrogen-bond acceptors (Lipinski definition) is 6. The summed E-state index contributed by atoms with van der Waals surface area (Å²) < 4.78 is 7.26. The molecule has 0 bridgehead atoms. The zero-order chi connectivity index (χ0) is 22.0. The van der Waals surface area contributed by atoms with E-state index in [4.69, 9.17) is 15.0 Å². The second kappa shape index (κ2) is 8.77. The normalized spacial score (nSPS) is 19.3. The van der Waals surface area contributed by atoms with Gasteiger partial charge in [-0.3, -0.25) is 10.1 Å². The van der Waals surface area contributed by atoms with Gasteiger partial charge in [-0.2, -0.15) is 5.26 Å². The molecule has 1 unspecified atom stereocenters. The third kappa shape index (κ3) is 4.01. The largest absolute Gasteiger partial charge is 0.380 e. The maximum atomic E-state index is 13.0. The number of rotatable bonds is 7. The molecule has 7 nitrogen and oxygen atoms in total. The van der Waals surface area contributed by atoms with Crippen LogP contribution in [0.15, 0.2) is 54.0 Å². The van der Waals surface area contributed by atoms with Crippen molar-refractivity contribution in [3.05, 3.63) is 65.4 Å². The molecule has 1 atom stereocenters. The highest BCUT2D eigenvalue weighted by Gasteiger charge is 2.39. The number of anilines is 2. The van der Waals surface area contributed by atoms with E-state index in [0.717, 1.165) is 25.1 Å². The van der Waals surface area contributed by atoms with Crippen LogP contribution in [0.25, 0.3) is 0 Å². The van der Waals surface area contributed by atoms with E-state index in [9.17, 15) is 4.79 Å². The molecule has 2 aliphatic heterocycles. The Hall–Kier alpha value is -3.15. The summed E-state index contributed by atoms with van der Waals surface area (Å²) in [5.74, 6) is -0.186. The van der Waals surface area contributed by atoms with E-state index in [1.807, 2.05) is 28.3 Å². The lowest BCUT2D eigenvalue weighted by molar-refractivity contribution is -0.119. The van der Waals surface area contributed by atoms with Gasteiger partial charge in [0.1, 0.15) is 5.69 Å². The Morgan fingerprint density at radius 1 is 1.28 bits per heavy atom. The van der Waals surface area contributed by atoms with Crippen molar-refractivity contribution in [2.75, 3.05) is 30.0 Å². The van der Waals surface area contributed by atoms with Crippen LogP contribution in [0.3, 0.4) is 0 Å². The van der Waals surface area contributed by atoms with Crippen molar-refractivity contribution >= 4 is 28.1 Å². The summed E-state index contributed by atoms with van der Waals surface area (Å²) in [6, 6.07) is 16.6. The predicted octanol–water partition coefficient (Wildman–Crippen LogP) is 4.47. The standard InChI is InChI=1S/C24H25N5O2S/c25-11-10-24(16-31-17-24)15-28-12-4-9-21(28)22(30)27-23-26-19(14-32-23)20-8-5-13-29(20)18-6-2-1-3-7-18/h1-4,6-7,9,12,14,20H,5,8,10,13,15-17H2,(H,26,27,30). The minimum absolute atomic E-state index is 0.186. The summed E-state index contributed by atoms with van der Waals surface area (Å²) in [7, 11) is 0. The minimum atomic E-state index is -0.208. The quantitative estimate of drug-likeness (QED) is 0.578. The second-order valence-electron chi connectivity index (χ2n) is 8.57. The van der Waals surface area contributed by atoms with Crippen LogP contribution < -0.4 is 10.2 Å². The van der Waals surface area contributed by atoms with Gasteiger partial charge in [-0.15, -0.1) is 11.3 Å². The summed E-state index contributed by atoms with van der Waals surface area (Å²) in [4.78, 5) is 20.1. The molecule has 1 amide bonds. The third-order valence-corrected chi connectivity index (χ3v) is 7.04. The molecule has 3 aromatic rings. The molecule has 2 aliphatic rings. The van der Waals surface area contributed by atoms with Crippen LogP contribution in [-0.2, 0) is 11.3 Å². The van der Waals surface area contributed by atoms with Gasteiger partial charge >= 0.3 is 0 Å². The zero-order valence-corrected chi connectivity index (χ0v) is 18.6. The van der Waals surface area contributed by atoms with Gasteiger partial charge in [-0.1, -0.05) is 18.2 Å². The van der Waals surface area contributed by atoms with Gasteiger partial charge < -0.3 is 14.2 Å². The van der Waals surface area contributed by atoms with Crippen LogP contribution in [0.5, 0.6) is 0 Å². The molecule has 32 heavy (non-hydrogen) atoms. The van der Waals surface area contributed by atoms with Gasteiger partial charge in [0.25, 0.3) is 5.91 Å². The van der Waals surface area contributed by atoms with Crippen molar-refractivity contribution in [2.24, 2.45) is 5.41 Å². The number of aromatic nitrogens is 2. The monoisotopic (exact) mass is 447 g/mol. The number of hydrogen-bond donors (Lipinski definition) is 1. The average Bonchev–Trinajstić information content (AvgIpc) is 3.53. The van der Waals surface area contributed by atoms with E-state index in [1.54, 1.807) is 6.07 Å². The number of nitriles is 1. The van der Waals surface area contributed by atoms with Gasteiger partial charge in [0.15, 0.2) is 5.13 Å². The molecule has 5 rings (SSSR count). The van der Waals surface area contributed by atoms with Crippen LogP contribution in [0.4, 0.5) is 10.8 Å². The number of benzene rings is 1. The third-order valence-electron chi connectivity index (χ3n) is 6.26. The first-order valence-electron chi connectivity index (χ1n) is 10.9. The summed E-state index contributed by atoms with van der Waals surface area (Å²) in [5.41, 5.74) is 2.57. The topological polar surface area (TPSA) is 83.2 Å². The van der Waals surface area contributed by atoms with Gasteiger partial charge in [0.05, 0.1) is 31.0 Å². The Bertz CT molecular complexity index is 1130. The number of amides is 1. The Morgan fingerprint density at radius 2 is 2.12 bits per heavy atom. The average molecular weight is 448 g/mol. The van der Waals surface area contributed by atoms with E-state index >= 15 is 0 Å². The highest BCUT2D eigenvalue weighted by atomic mass is 32.1. The molecule has 4 heterocycles. The molecule has 8 heteroatoms. The molecule has 2 fully saturated rings. The number of carbonyl (C=O) groups is 1. The van der Waals surface area contributed by atoms with E-state index in [0.29, 0.717) is 37.0 Å². The molecule has 164 valence electrons. The van der Waals surface area contributed by atoms with Gasteiger partial charge in [0, 0.05) is 42.2 Å². The zero-order valence-electron chi connectivity index (χ0n) is 17.7.